The van der Waals surface area contributed by atoms with Gasteiger partial charge in [-0.25, -0.2) is 28.5 Å². The number of nitrogens with one attached hydrogen (secondary N) is 4. The minimum atomic E-state index is -0.247. The molecule has 11 aromatic rings. The van der Waals surface area contributed by atoms with Crippen molar-refractivity contribution in [3.05, 3.63) is 211 Å². The number of benzene rings is 4. The average Bonchev–Trinajstić information content (AvgIpc) is 1.60. The molecule has 0 bridgehead atoms. The number of Topliss-reactive ketones (excluding diaryl/α,β-unsaturated/α-hetero) is 1. The minimum Gasteiger partial charge on any atom is -0.457 e. The lowest BCUT2D eigenvalue weighted by Crippen LogP contribution is -2.49. The molecule has 4 N–H and O–H groups in total. The molecule has 4 aliphatic heterocycles. The van der Waals surface area contributed by atoms with E-state index in [9.17, 15) is 14.0 Å². The number of hydrogen-bond acceptors (Lipinski definition) is 16. The summed E-state index contributed by atoms with van der Waals surface area (Å²) < 4.78 is 41.1. The number of rotatable bonds is 15. The fourth-order valence-corrected chi connectivity index (χ4v) is 13.6. The Balaban J connectivity index is 0.000000126. The molecule has 0 saturated carbocycles. The quantitative estimate of drug-likeness (QED) is 0.0712. The van der Waals surface area contributed by atoms with E-state index >= 15 is 4.39 Å². The van der Waals surface area contributed by atoms with Crippen LogP contribution in [-0.4, -0.2) is 162 Å². The van der Waals surface area contributed by atoms with Crippen LogP contribution in [-0.2, 0) is 16.1 Å². The number of imidazole rings is 3. The van der Waals surface area contributed by atoms with Crippen molar-refractivity contribution in [2.75, 3.05) is 116 Å². The molecule has 0 atom stereocenters. The number of aromatic nitrogens is 8. The Bertz CT molecular complexity index is 4760. The number of esters is 1. The second-order valence-electron chi connectivity index (χ2n) is 26.1. The maximum absolute atomic E-state index is 15.1. The zero-order valence-electron chi connectivity index (χ0n) is 56.1. The van der Waals surface area contributed by atoms with Gasteiger partial charge in [0.2, 0.25) is 0 Å². The van der Waals surface area contributed by atoms with Crippen molar-refractivity contribution in [3.63, 3.8) is 0 Å². The maximum atomic E-state index is 15.1. The summed E-state index contributed by atoms with van der Waals surface area (Å²) >= 11 is 0. The second-order valence-corrected chi connectivity index (χ2v) is 26.1. The van der Waals surface area contributed by atoms with E-state index in [-0.39, 0.29) is 23.4 Å². The first-order valence-electron chi connectivity index (χ1n) is 33.7. The summed E-state index contributed by atoms with van der Waals surface area (Å²) in [5.41, 5.74) is 18.3. The Morgan fingerprint density at radius 3 is 1.54 bits per heavy atom. The van der Waals surface area contributed by atoms with Crippen LogP contribution in [0.1, 0.15) is 62.7 Å². The van der Waals surface area contributed by atoms with Gasteiger partial charge in [0.15, 0.2) is 22.7 Å². The summed E-state index contributed by atoms with van der Waals surface area (Å²) in [5.74, 6) is -0.590. The van der Waals surface area contributed by atoms with E-state index in [4.69, 9.17) is 4.74 Å². The molecule has 0 spiro atoms. The van der Waals surface area contributed by atoms with Gasteiger partial charge in [-0.2, -0.15) is 5.10 Å². The number of carbonyl (C=O) groups excluding carboxylic acids is 2. The second kappa shape index (κ2) is 28.2. The molecule has 0 unspecified atom stereocenters. The number of hydrogen-bond donors (Lipinski definition) is 4. The Morgan fingerprint density at radius 1 is 0.551 bits per heavy atom. The van der Waals surface area contributed by atoms with E-state index < -0.39 is 0 Å². The predicted molar refractivity (Wildman–Crippen MR) is 386 cm³/mol. The Kier molecular flexibility index (Phi) is 18.6. The first-order valence-corrected chi connectivity index (χ1v) is 33.7. The van der Waals surface area contributed by atoms with E-state index in [2.05, 4.69) is 152 Å². The number of piperazine rings is 3. The molecular formula is C76H81F2N17O3. The number of aromatic amines is 1. The first kappa shape index (κ1) is 64.6. The highest BCUT2D eigenvalue weighted by molar-refractivity contribution is 5.99. The molecule has 5 aliphatic rings. The van der Waals surface area contributed by atoms with E-state index in [1.54, 1.807) is 37.6 Å². The molecular weight excluding hydrogens is 1240 g/mol. The highest BCUT2D eigenvalue weighted by atomic mass is 19.1. The molecule has 16 rings (SSSR count). The zero-order chi connectivity index (χ0) is 67.6. The highest BCUT2D eigenvalue weighted by Gasteiger charge is 2.26. The van der Waals surface area contributed by atoms with Crippen LogP contribution in [0.4, 0.5) is 60.0 Å². The number of carbonyl (C=O) groups is 2. The number of nitrogens with zero attached hydrogens (tertiary/aromatic N) is 13. The third kappa shape index (κ3) is 13.7. The van der Waals surface area contributed by atoms with Crippen LogP contribution in [0.5, 0.6) is 0 Å². The summed E-state index contributed by atoms with van der Waals surface area (Å²) in [6.07, 6.45) is 19.3. The normalized spacial score (nSPS) is 16.1. The first-order chi connectivity index (χ1) is 47.7. The number of pyridine rings is 3. The van der Waals surface area contributed by atoms with Gasteiger partial charge >= 0.3 is 5.97 Å². The van der Waals surface area contributed by atoms with Gasteiger partial charge in [-0.05, 0) is 180 Å². The van der Waals surface area contributed by atoms with Gasteiger partial charge in [0, 0.05) is 168 Å². The number of anilines is 9. The number of H-pyrrole nitrogens is 1. The SMILES string of the molecule is CC(=O)C1=CC(c2ccc(Nc3ccc(N4CCN(C(C)C)CC4)c(F)c3)c3nccn23)=CC1.CC(C)N1CCN(c2ccc(Nc3ccc(-c4ccc5c(c4)COC5=O)n4ccnc34)cc2)CC1.CN1CCN(c2ccc(Nc3ccc(-c4cn[nH]c4)n4ccnc34)cc2F)CC1. The average molecular weight is 1320 g/mol. The Morgan fingerprint density at radius 2 is 1.04 bits per heavy atom. The summed E-state index contributed by atoms with van der Waals surface area (Å²) in [6.45, 7) is 22.3. The molecule has 0 radical (unpaired) electrons. The molecule has 98 heavy (non-hydrogen) atoms. The molecule has 4 aromatic carbocycles. The number of likely N-dealkylation sites (N-methyl/N-ethyl adjacent to an activating group) is 1. The molecule has 3 saturated heterocycles. The lowest BCUT2D eigenvalue weighted by atomic mass is 10.0. The molecule has 0 amide bonds. The van der Waals surface area contributed by atoms with Crippen molar-refractivity contribution < 1.29 is 23.1 Å². The van der Waals surface area contributed by atoms with Crippen LogP contribution in [0.2, 0.25) is 0 Å². The smallest absolute Gasteiger partial charge is 0.338 e. The molecule has 22 heteroatoms. The monoisotopic (exact) mass is 1320 g/mol. The largest absolute Gasteiger partial charge is 0.457 e. The van der Waals surface area contributed by atoms with Crippen molar-refractivity contribution in [2.24, 2.45) is 0 Å². The number of ketones is 1. The summed E-state index contributed by atoms with van der Waals surface area (Å²) in [4.78, 5) is 51.0. The summed E-state index contributed by atoms with van der Waals surface area (Å²) in [6, 6.07) is 38.3. The van der Waals surface area contributed by atoms with Gasteiger partial charge < -0.3 is 40.3 Å². The number of halogens is 2. The number of fused-ring (bicyclic) bond motifs is 4. The van der Waals surface area contributed by atoms with Crippen molar-refractivity contribution >= 4 is 85.5 Å². The molecule has 20 nitrogen and oxygen atoms in total. The Hall–Kier alpha value is -10.7. The standard InChI is InChI=1S/C28H29N5O2.C27H30FN5O.C21H22FN7/c1-19(2)31-13-15-32(16-14-31)23-6-4-22(5-7-23)30-25-9-10-26(33-12-11-29-27(25)33)20-3-8-24-21(17-20)18-35-28(24)34;1-18(2)31-12-14-32(15-13-31)26-8-6-22(17-23(26)28)30-24-7-9-25(33-11-10-29-27(24)33)21-5-4-20(16-21)19(3)34;1-27-8-10-28(11-9-27)20-4-2-16(12-17(20)22)26-18-3-5-19(15-13-24-25-14-15)29-7-6-23-21(18)29/h3-12,17,19,30H,13-16,18H2,1-2H3;5-11,16-18,30H,4,12-15H2,1-3H3;2-7,12-14,26H,8-11H2,1H3,(H,24,25). The van der Waals surface area contributed by atoms with Crippen LogP contribution in [0, 0.1) is 11.6 Å². The van der Waals surface area contributed by atoms with Crippen LogP contribution in [0.15, 0.2) is 183 Å². The highest BCUT2D eigenvalue weighted by Crippen LogP contribution is 2.36. The lowest BCUT2D eigenvalue weighted by molar-refractivity contribution is -0.113. The van der Waals surface area contributed by atoms with E-state index in [1.807, 2.05) is 113 Å². The molecule has 3 fully saturated rings. The van der Waals surface area contributed by atoms with Gasteiger partial charge in [0.25, 0.3) is 0 Å². The fraction of sp³-hybridized carbons (Fsp3) is 0.289. The maximum Gasteiger partial charge on any atom is 0.338 e. The zero-order valence-corrected chi connectivity index (χ0v) is 56.1. The summed E-state index contributed by atoms with van der Waals surface area (Å²) in [5, 5.41) is 17.0. The third-order valence-electron chi connectivity index (χ3n) is 19.3. The van der Waals surface area contributed by atoms with Crippen LogP contribution in [0.3, 0.4) is 0 Å². The Labute approximate surface area is 568 Å². The number of allylic oxidation sites excluding steroid dienone is 4. The minimum absolute atomic E-state index is 0.0960. The molecule has 502 valence electrons. The van der Waals surface area contributed by atoms with Gasteiger partial charge in [-0.15, -0.1) is 0 Å². The lowest BCUT2D eigenvalue weighted by Gasteiger charge is -2.38. The summed E-state index contributed by atoms with van der Waals surface area (Å²) in [7, 11) is 2.09. The molecule has 11 heterocycles. The molecule has 7 aromatic heterocycles. The predicted octanol–water partition coefficient (Wildman–Crippen LogP) is 13.4. The van der Waals surface area contributed by atoms with E-state index in [0.29, 0.717) is 53.4 Å². The fourth-order valence-electron chi connectivity index (χ4n) is 13.6. The van der Waals surface area contributed by atoms with Gasteiger partial charge in [-0.3, -0.25) is 32.9 Å². The van der Waals surface area contributed by atoms with Crippen molar-refractivity contribution in [1.82, 2.24) is 53.1 Å². The van der Waals surface area contributed by atoms with E-state index in [0.717, 1.165) is 163 Å². The van der Waals surface area contributed by atoms with Crippen molar-refractivity contribution in [3.8, 4) is 22.5 Å². The van der Waals surface area contributed by atoms with Crippen LogP contribution < -0.4 is 30.7 Å². The van der Waals surface area contributed by atoms with Gasteiger partial charge in [0.05, 0.1) is 57.3 Å². The number of ether oxygens (including phenoxy) is 1. The van der Waals surface area contributed by atoms with Crippen LogP contribution >= 0.6 is 0 Å². The van der Waals surface area contributed by atoms with Crippen LogP contribution in [0.25, 0.3) is 45.0 Å². The topological polar surface area (TPSA) is 179 Å². The van der Waals surface area contributed by atoms with E-state index in [1.165, 1.54) is 5.69 Å². The van der Waals surface area contributed by atoms with Crippen molar-refractivity contribution in [2.45, 2.75) is 59.7 Å². The molecule has 1 aliphatic carbocycles. The third-order valence-corrected chi connectivity index (χ3v) is 19.3. The van der Waals surface area contributed by atoms with Gasteiger partial charge in [0.1, 0.15) is 18.2 Å². The van der Waals surface area contributed by atoms with Gasteiger partial charge in [-0.1, -0.05) is 12.1 Å². The van der Waals surface area contributed by atoms with Crippen molar-refractivity contribution in [1.29, 1.82) is 0 Å². The number of cyclic esters (lactones) is 1.